The molecule has 0 fully saturated rings. The fourth-order valence-corrected chi connectivity index (χ4v) is 1.79. The summed E-state index contributed by atoms with van der Waals surface area (Å²) in [5.74, 6) is 0.208. The highest BCUT2D eigenvalue weighted by Gasteiger charge is 2.02. The molecule has 2 N–H and O–H groups in total. The minimum Gasteiger partial charge on any atom is -0.508 e. The Morgan fingerprint density at radius 2 is 1.77 bits per heavy atom. The zero-order valence-electron chi connectivity index (χ0n) is 6.66. The van der Waals surface area contributed by atoms with Crippen molar-refractivity contribution in [1.29, 1.82) is 0 Å². The van der Waals surface area contributed by atoms with Gasteiger partial charge in [-0.15, -0.1) is 0 Å². The Morgan fingerprint density at radius 3 is 2.54 bits per heavy atom. The van der Waals surface area contributed by atoms with Gasteiger partial charge in [0.25, 0.3) is 0 Å². The second-order valence-corrected chi connectivity index (χ2v) is 4.08. The molecule has 0 aliphatic rings. The highest BCUT2D eigenvalue weighted by Crippen LogP contribution is 2.30. The van der Waals surface area contributed by atoms with Crippen LogP contribution in [0.1, 0.15) is 0 Å². The van der Waals surface area contributed by atoms with Crippen molar-refractivity contribution in [3.05, 3.63) is 33.9 Å². The average Bonchev–Trinajstić information content (AvgIpc) is 2.06. The summed E-state index contributed by atoms with van der Waals surface area (Å²) in [6.45, 7) is 0. The predicted molar refractivity (Wildman–Crippen MR) is 60.0 cm³/mol. The van der Waals surface area contributed by atoms with Crippen LogP contribution in [0.3, 0.4) is 0 Å². The molecule has 0 heterocycles. The van der Waals surface area contributed by atoms with Crippen molar-refractivity contribution in [3.63, 3.8) is 0 Å². The maximum Gasteiger partial charge on any atom is 0.127 e. The highest BCUT2D eigenvalue weighted by molar-refractivity contribution is 14.1. The van der Waals surface area contributed by atoms with Gasteiger partial charge in [0.05, 0.1) is 0 Å². The van der Waals surface area contributed by atoms with Crippen LogP contribution in [0, 0.1) is 3.57 Å². The monoisotopic (exact) mass is 286 g/mol. The molecule has 2 rings (SSSR count). The molecule has 2 nitrogen and oxygen atoms in total. The van der Waals surface area contributed by atoms with Crippen LogP contribution in [-0.4, -0.2) is 10.2 Å². The summed E-state index contributed by atoms with van der Waals surface area (Å²) in [5.41, 5.74) is 0. The number of aromatic hydroxyl groups is 2. The molecule has 0 aromatic heterocycles. The molecule has 0 saturated carbocycles. The second-order valence-electron chi connectivity index (χ2n) is 2.83. The van der Waals surface area contributed by atoms with Gasteiger partial charge in [-0.1, -0.05) is 6.07 Å². The third-order valence-electron chi connectivity index (χ3n) is 1.88. The molecule has 0 aliphatic heterocycles. The van der Waals surface area contributed by atoms with E-state index in [-0.39, 0.29) is 11.5 Å². The first kappa shape index (κ1) is 8.62. The van der Waals surface area contributed by atoms with Crippen molar-refractivity contribution in [2.24, 2.45) is 0 Å². The summed E-state index contributed by atoms with van der Waals surface area (Å²) in [6, 6.07) is 8.66. The fraction of sp³-hybridized carbons (Fsp3) is 0. The Kier molecular flexibility index (Phi) is 2.03. The smallest absolute Gasteiger partial charge is 0.127 e. The maximum absolute atomic E-state index is 9.51. The molecule has 0 bridgehead atoms. The zero-order chi connectivity index (χ0) is 9.42. The van der Waals surface area contributed by atoms with E-state index in [9.17, 15) is 10.2 Å². The van der Waals surface area contributed by atoms with Gasteiger partial charge in [0.2, 0.25) is 0 Å². The first-order valence-corrected chi connectivity index (χ1v) is 4.86. The Bertz CT molecular complexity index is 466. The molecular formula is C10H7IO2. The molecule has 0 amide bonds. The molecule has 0 radical (unpaired) electrons. The van der Waals surface area contributed by atoms with Gasteiger partial charge in [-0.2, -0.15) is 0 Å². The predicted octanol–water partition coefficient (Wildman–Crippen LogP) is 2.86. The van der Waals surface area contributed by atoms with Gasteiger partial charge in [0, 0.05) is 15.0 Å². The minimum absolute atomic E-state index is 0.0891. The molecule has 0 saturated heterocycles. The van der Waals surface area contributed by atoms with Crippen LogP contribution in [0.15, 0.2) is 30.3 Å². The van der Waals surface area contributed by atoms with Crippen LogP contribution < -0.4 is 0 Å². The van der Waals surface area contributed by atoms with Crippen molar-refractivity contribution in [1.82, 2.24) is 0 Å². The molecule has 2 aromatic carbocycles. The number of phenols is 2. The largest absolute Gasteiger partial charge is 0.508 e. The molecule has 0 unspecified atom stereocenters. The molecule has 0 atom stereocenters. The van der Waals surface area contributed by atoms with Gasteiger partial charge in [-0.05, 0) is 46.2 Å². The van der Waals surface area contributed by atoms with E-state index in [4.69, 9.17) is 0 Å². The topological polar surface area (TPSA) is 40.5 Å². The number of hydrogen-bond acceptors (Lipinski definition) is 2. The number of rotatable bonds is 0. The Morgan fingerprint density at radius 1 is 1.00 bits per heavy atom. The van der Waals surface area contributed by atoms with E-state index in [1.165, 1.54) is 6.07 Å². The van der Waals surface area contributed by atoms with Crippen molar-refractivity contribution < 1.29 is 10.2 Å². The van der Waals surface area contributed by atoms with Gasteiger partial charge in [-0.3, -0.25) is 0 Å². The summed E-state index contributed by atoms with van der Waals surface area (Å²) in [6.07, 6.45) is 0. The summed E-state index contributed by atoms with van der Waals surface area (Å²) >= 11 is 2.18. The lowest BCUT2D eigenvalue weighted by Crippen LogP contribution is -1.76. The minimum atomic E-state index is 0.0891. The van der Waals surface area contributed by atoms with Crippen LogP contribution in [0.5, 0.6) is 11.5 Å². The first-order valence-electron chi connectivity index (χ1n) is 3.78. The molecule has 2 aromatic rings. The maximum atomic E-state index is 9.51. The van der Waals surface area contributed by atoms with E-state index in [0.29, 0.717) is 0 Å². The van der Waals surface area contributed by atoms with E-state index in [2.05, 4.69) is 22.6 Å². The lowest BCUT2D eigenvalue weighted by atomic mass is 10.1. The van der Waals surface area contributed by atoms with E-state index >= 15 is 0 Å². The van der Waals surface area contributed by atoms with Crippen molar-refractivity contribution in [3.8, 4) is 11.5 Å². The van der Waals surface area contributed by atoms with Crippen LogP contribution in [0.4, 0.5) is 0 Å². The van der Waals surface area contributed by atoms with Crippen molar-refractivity contribution in [2.75, 3.05) is 0 Å². The lowest BCUT2D eigenvalue weighted by molar-refractivity contribution is 0.455. The number of halogens is 1. The Labute approximate surface area is 89.0 Å². The highest BCUT2D eigenvalue weighted by atomic mass is 127. The van der Waals surface area contributed by atoms with E-state index in [1.807, 2.05) is 18.2 Å². The molecule has 0 aliphatic carbocycles. The lowest BCUT2D eigenvalue weighted by Gasteiger charge is -2.02. The van der Waals surface area contributed by atoms with Gasteiger partial charge < -0.3 is 10.2 Å². The summed E-state index contributed by atoms with van der Waals surface area (Å²) in [5, 5.41) is 20.3. The third-order valence-corrected chi connectivity index (χ3v) is 2.55. The van der Waals surface area contributed by atoms with Crippen LogP contribution in [-0.2, 0) is 0 Å². The molecule has 3 heteroatoms. The molecule has 13 heavy (non-hydrogen) atoms. The van der Waals surface area contributed by atoms with Crippen molar-refractivity contribution in [2.45, 2.75) is 0 Å². The number of hydrogen-bond donors (Lipinski definition) is 2. The third kappa shape index (κ3) is 1.56. The van der Waals surface area contributed by atoms with Crippen LogP contribution in [0.25, 0.3) is 10.8 Å². The van der Waals surface area contributed by atoms with Gasteiger partial charge in [0.15, 0.2) is 0 Å². The van der Waals surface area contributed by atoms with Gasteiger partial charge in [-0.25, -0.2) is 0 Å². The van der Waals surface area contributed by atoms with Gasteiger partial charge in [0.1, 0.15) is 11.5 Å². The standard InChI is InChI=1S/C10H7IO2/c11-7-2-1-6-3-8(12)5-10(13)9(6)4-7/h1-5,12-13H. The second kappa shape index (κ2) is 3.06. The number of phenolic OH excluding ortho intramolecular Hbond substituents is 2. The number of fused-ring (bicyclic) bond motifs is 1. The quantitative estimate of drug-likeness (QED) is 0.731. The Hall–Kier alpha value is -0.970. The summed E-state index contributed by atoms with van der Waals surface area (Å²) < 4.78 is 1.06. The Balaban J connectivity index is 2.87. The fourth-order valence-electron chi connectivity index (χ4n) is 1.30. The van der Waals surface area contributed by atoms with E-state index in [0.717, 1.165) is 14.3 Å². The molecule has 66 valence electrons. The first-order chi connectivity index (χ1) is 6.16. The van der Waals surface area contributed by atoms with Gasteiger partial charge >= 0.3 is 0 Å². The zero-order valence-corrected chi connectivity index (χ0v) is 8.82. The number of benzene rings is 2. The summed E-state index contributed by atoms with van der Waals surface area (Å²) in [4.78, 5) is 0. The molecule has 0 spiro atoms. The molecular weight excluding hydrogens is 279 g/mol. The van der Waals surface area contributed by atoms with Crippen LogP contribution >= 0.6 is 22.6 Å². The van der Waals surface area contributed by atoms with E-state index < -0.39 is 0 Å². The summed E-state index contributed by atoms with van der Waals surface area (Å²) in [7, 11) is 0. The van der Waals surface area contributed by atoms with Crippen LogP contribution in [0.2, 0.25) is 0 Å². The van der Waals surface area contributed by atoms with E-state index in [1.54, 1.807) is 6.07 Å². The average molecular weight is 286 g/mol. The SMILES string of the molecule is Oc1cc(O)c2cc(I)ccc2c1. The normalized spacial score (nSPS) is 10.5. The van der Waals surface area contributed by atoms with Crippen molar-refractivity contribution >= 4 is 33.4 Å².